The first-order valence-electron chi connectivity index (χ1n) is 9.97. The maximum absolute atomic E-state index is 13.0. The van der Waals surface area contributed by atoms with Gasteiger partial charge in [0.25, 0.3) is 5.56 Å². The molecule has 0 aliphatic heterocycles. The Bertz CT molecular complexity index is 825. The molecule has 0 fully saturated rings. The van der Waals surface area contributed by atoms with Gasteiger partial charge < -0.3 is 10.6 Å². The molecule has 27 heavy (non-hydrogen) atoms. The maximum atomic E-state index is 13.0. The topological polar surface area (TPSA) is 59.0 Å². The first-order valence-corrected chi connectivity index (χ1v) is 9.97. The van der Waals surface area contributed by atoms with Crippen LogP contribution in [0.4, 0.5) is 17.3 Å². The first kappa shape index (κ1) is 21.0. The largest absolute Gasteiger partial charge is 0.353 e. The number of nitrogens with zero attached hydrogens (tertiary/aromatic N) is 2. The molecule has 1 heterocycles. The summed E-state index contributed by atoms with van der Waals surface area (Å²) in [5.74, 6) is 0.646. The third kappa shape index (κ3) is 4.90. The second-order valence-electron chi connectivity index (χ2n) is 7.58. The van der Waals surface area contributed by atoms with E-state index >= 15 is 0 Å². The van der Waals surface area contributed by atoms with E-state index in [9.17, 15) is 4.79 Å². The van der Waals surface area contributed by atoms with Crippen molar-refractivity contribution in [2.75, 3.05) is 10.6 Å². The Labute approximate surface area is 163 Å². The zero-order valence-corrected chi connectivity index (χ0v) is 17.9. The van der Waals surface area contributed by atoms with E-state index in [1.54, 1.807) is 11.6 Å². The molecule has 0 atom stereocenters. The maximum Gasteiger partial charge on any atom is 0.278 e. The van der Waals surface area contributed by atoms with Gasteiger partial charge in [-0.05, 0) is 51.7 Å². The Kier molecular flexibility index (Phi) is 7.05. The molecule has 2 rings (SSSR count). The average molecular weight is 371 g/mol. The second-order valence-corrected chi connectivity index (χ2v) is 7.58. The Balaban J connectivity index is 2.39. The van der Waals surface area contributed by atoms with Crippen molar-refractivity contribution in [1.29, 1.82) is 0 Å². The van der Waals surface area contributed by atoms with E-state index in [0.717, 1.165) is 42.5 Å². The quantitative estimate of drug-likeness (QED) is 0.675. The highest BCUT2D eigenvalue weighted by Gasteiger charge is 2.16. The number of hydrogen-bond acceptors (Lipinski definition) is 4. The Morgan fingerprint density at radius 3 is 2.07 bits per heavy atom. The van der Waals surface area contributed by atoms with Gasteiger partial charge in [-0.25, -0.2) is 4.98 Å². The van der Waals surface area contributed by atoms with Crippen molar-refractivity contribution < 1.29 is 0 Å². The van der Waals surface area contributed by atoms with Crippen molar-refractivity contribution in [3.05, 3.63) is 44.9 Å². The molecule has 0 amide bonds. The van der Waals surface area contributed by atoms with Gasteiger partial charge in [0.05, 0.1) is 5.69 Å². The molecule has 0 bridgehead atoms. The number of benzene rings is 1. The Morgan fingerprint density at radius 2 is 1.56 bits per heavy atom. The highest BCUT2D eigenvalue weighted by Crippen LogP contribution is 2.26. The highest BCUT2D eigenvalue weighted by atomic mass is 16.1. The van der Waals surface area contributed by atoms with Crippen molar-refractivity contribution in [1.82, 2.24) is 9.55 Å². The van der Waals surface area contributed by atoms with Crippen LogP contribution in [0.15, 0.2) is 16.9 Å². The van der Waals surface area contributed by atoms with Gasteiger partial charge >= 0.3 is 0 Å². The van der Waals surface area contributed by atoms with Gasteiger partial charge in [0.15, 0.2) is 0 Å². The van der Waals surface area contributed by atoms with Crippen LogP contribution in [-0.4, -0.2) is 15.6 Å². The molecule has 1 aromatic heterocycles. The molecule has 2 N–H and O–H groups in total. The van der Waals surface area contributed by atoms with E-state index in [1.807, 2.05) is 6.92 Å². The molecular formula is C22H34N4O. The SMILES string of the molecule is CCCC(CCC)Nc1nc(C)c(Nc2c(C)cc(C)cc2C)c(=O)n1C. The van der Waals surface area contributed by atoms with Crippen LogP contribution in [0.3, 0.4) is 0 Å². The molecule has 0 radical (unpaired) electrons. The Hall–Kier alpha value is -2.30. The minimum atomic E-state index is -0.0591. The minimum Gasteiger partial charge on any atom is -0.353 e. The van der Waals surface area contributed by atoms with Crippen LogP contribution < -0.4 is 16.2 Å². The van der Waals surface area contributed by atoms with Crippen LogP contribution in [0.5, 0.6) is 0 Å². The summed E-state index contributed by atoms with van der Waals surface area (Å²) in [5.41, 5.74) is 5.65. The molecule has 148 valence electrons. The van der Waals surface area contributed by atoms with Crippen LogP contribution in [0.25, 0.3) is 0 Å². The molecule has 5 nitrogen and oxygen atoms in total. The van der Waals surface area contributed by atoms with Gasteiger partial charge in [0, 0.05) is 18.8 Å². The molecule has 0 saturated carbocycles. The van der Waals surface area contributed by atoms with Crippen LogP contribution in [0, 0.1) is 27.7 Å². The highest BCUT2D eigenvalue weighted by molar-refractivity contribution is 5.68. The molecule has 1 aromatic carbocycles. The lowest BCUT2D eigenvalue weighted by molar-refractivity contribution is 0.576. The smallest absolute Gasteiger partial charge is 0.278 e. The van der Waals surface area contributed by atoms with E-state index in [-0.39, 0.29) is 5.56 Å². The van der Waals surface area contributed by atoms with Gasteiger partial charge in [-0.2, -0.15) is 0 Å². The fourth-order valence-electron chi connectivity index (χ4n) is 3.65. The van der Waals surface area contributed by atoms with Crippen molar-refractivity contribution >= 4 is 17.3 Å². The number of aryl methyl sites for hydroxylation is 4. The average Bonchev–Trinajstić information content (AvgIpc) is 2.58. The summed E-state index contributed by atoms with van der Waals surface area (Å²) in [6.07, 6.45) is 4.36. The van der Waals surface area contributed by atoms with Crippen LogP contribution in [-0.2, 0) is 7.05 Å². The number of rotatable bonds is 8. The molecule has 0 unspecified atom stereocenters. The van der Waals surface area contributed by atoms with Crippen molar-refractivity contribution in [2.45, 2.75) is 73.3 Å². The lowest BCUT2D eigenvalue weighted by atomic mass is 10.0. The summed E-state index contributed by atoms with van der Waals surface area (Å²) in [5, 5.41) is 6.83. The zero-order valence-electron chi connectivity index (χ0n) is 17.9. The number of aromatic nitrogens is 2. The fraction of sp³-hybridized carbons (Fsp3) is 0.545. The summed E-state index contributed by atoms with van der Waals surface area (Å²) >= 11 is 0. The predicted octanol–water partition coefficient (Wildman–Crippen LogP) is 5.14. The summed E-state index contributed by atoms with van der Waals surface area (Å²) in [6, 6.07) is 4.59. The predicted molar refractivity (Wildman–Crippen MR) is 115 cm³/mol. The number of hydrogen-bond donors (Lipinski definition) is 2. The van der Waals surface area contributed by atoms with Crippen molar-refractivity contribution in [3.8, 4) is 0 Å². The van der Waals surface area contributed by atoms with E-state index in [4.69, 9.17) is 4.98 Å². The number of nitrogens with one attached hydrogen (secondary N) is 2. The molecule has 0 aliphatic rings. The zero-order chi connectivity index (χ0) is 20.1. The lowest BCUT2D eigenvalue weighted by Crippen LogP contribution is -2.29. The molecule has 2 aromatic rings. The van der Waals surface area contributed by atoms with Crippen LogP contribution in [0.1, 0.15) is 61.9 Å². The fourth-order valence-corrected chi connectivity index (χ4v) is 3.65. The Morgan fingerprint density at radius 1 is 1.00 bits per heavy atom. The minimum absolute atomic E-state index is 0.0591. The van der Waals surface area contributed by atoms with E-state index < -0.39 is 0 Å². The third-order valence-corrected chi connectivity index (χ3v) is 5.01. The van der Waals surface area contributed by atoms with Crippen LogP contribution in [0.2, 0.25) is 0 Å². The molecule has 0 saturated heterocycles. The summed E-state index contributed by atoms with van der Waals surface area (Å²) in [6.45, 7) is 12.5. The van der Waals surface area contributed by atoms with Gasteiger partial charge in [-0.3, -0.25) is 9.36 Å². The van der Waals surface area contributed by atoms with Gasteiger partial charge in [-0.15, -0.1) is 0 Å². The third-order valence-electron chi connectivity index (χ3n) is 5.01. The standard InChI is InChI=1S/C22H34N4O/c1-8-10-18(11-9-2)24-22-23-17(6)20(21(27)26(22)7)25-19-15(4)12-14(3)13-16(19)5/h12-13,18,25H,8-11H2,1-7H3,(H,23,24). The monoisotopic (exact) mass is 370 g/mol. The summed E-state index contributed by atoms with van der Waals surface area (Å²) in [4.78, 5) is 17.7. The van der Waals surface area contributed by atoms with Crippen molar-refractivity contribution in [2.24, 2.45) is 7.05 Å². The normalized spacial score (nSPS) is 11.1. The molecule has 5 heteroatoms. The molecule has 0 aliphatic carbocycles. The summed E-state index contributed by atoms with van der Waals surface area (Å²) in [7, 11) is 1.78. The first-order chi connectivity index (χ1) is 12.8. The molecular weight excluding hydrogens is 336 g/mol. The second kappa shape index (κ2) is 9.07. The number of anilines is 3. The van der Waals surface area contributed by atoms with Gasteiger partial charge in [-0.1, -0.05) is 44.4 Å². The lowest BCUT2D eigenvalue weighted by Gasteiger charge is -2.21. The van der Waals surface area contributed by atoms with E-state index in [1.165, 1.54) is 5.56 Å². The summed E-state index contributed by atoms with van der Waals surface area (Å²) < 4.78 is 1.62. The van der Waals surface area contributed by atoms with E-state index in [0.29, 0.717) is 23.4 Å². The van der Waals surface area contributed by atoms with Crippen LogP contribution >= 0.6 is 0 Å². The van der Waals surface area contributed by atoms with Gasteiger partial charge in [0.2, 0.25) is 5.95 Å². The van der Waals surface area contributed by atoms with Crippen molar-refractivity contribution in [3.63, 3.8) is 0 Å². The molecule has 0 spiro atoms. The van der Waals surface area contributed by atoms with E-state index in [2.05, 4.69) is 57.4 Å². The van der Waals surface area contributed by atoms with Gasteiger partial charge in [0.1, 0.15) is 5.69 Å².